The molecule has 1 heterocycles. The highest BCUT2D eigenvalue weighted by atomic mass is 79.9. The monoisotopic (exact) mass is 561 g/mol. The van der Waals surface area contributed by atoms with Gasteiger partial charge in [-0.15, -0.1) is 0 Å². The molecule has 0 spiro atoms. The number of anilines is 1. The van der Waals surface area contributed by atoms with Crippen LogP contribution in [0.2, 0.25) is 0 Å². The number of carbonyl (C=O) groups is 3. The third kappa shape index (κ3) is 3.48. The van der Waals surface area contributed by atoms with E-state index in [1.165, 1.54) is 4.90 Å². The number of hydrogen-bond donors (Lipinski definition) is 0. The van der Waals surface area contributed by atoms with Crippen LogP contribution in [0.3, 0.4) is 0 Å². The first-order chi connectivity index (χ1) is 15.4. The highest BCUT2D eigenvalue weighted by Crippen LogP contribution is 2.60. The maximum Gasteiger partial charge on any atom is 0.349 e. The number of nitrogens with zero attached hydrogens (tertiary/aromatic N) is 1. The van der Waals surface area contributed by atoms with Crippen LogP contribution in [0.25, 0.3) is 0 Å². The molecule has 6 atom stereocenters. The summed E-state index contributed by atoms with van der Waals surface area (Å²) in [6.45, 7) is 1.65. The van der Waals surface area contributed by atoms with Crippen LogP contribution in [0.4, 0.5) is 5.69 Å². The summed E-state index contributed by atoms with van der Waals surface area (Å²) in [4.78, 5) is 40.3. The number of hydrogen-bond acceptors (Lipinski definition) is 5. The second kappa shape index (κ2) is 8.30. The van der Waals surface area contributed by atoms with Crippen molar-refractivity contribution >= 4 is 55.3 Å². The molecule has 166 valence electrons. The van der Waals surface area contributed by atoms with Crippen molar-refractivity contribution in [1.82, 2.24) is 0 Å². The molecule has 0 radical (unpaired) electrons. The van der Waals surface area contributed by atoms with E-state index in [2.05, 4.69) is 31.9 Å². The first-order valence-corrected chi connectivity index (χ1v) is 12.3. The Kier molecular flexibility index (Phi) is 5.61. The van der Waals surface area contributed by atoms with Gasteiger partial charge in [0, 0.05) is 15.7 Å². The molecule has 0 N–H and O–H groups in total. The van der Waals surface area contributed by atoms with Crippen LogP contribution >= 0.6 is 31.9 Å². The Morgan fingerprint density at radius 3 is 2.31 bits per heavy atom. The van der Waals surface area contributed by atoms with Crippen molar-refractivity contribution in [2.24, 2.45) is 23.7 Å². The molecule has 0 aromatic heterocycles. The van der Waals surface area contributed by atoms with Crippen molar-refractivity contribution < 1.29 is 23.9 Å². The predicted molar refractivity (Wildman–Crippen MR) is 125 cm³/mol. The smallest absolute Gasteiger partial charge is 0.349 e. The lowest BCUT2D eigenvalue weighted by Crippen LogP contribution is -2.37. The lowest BCUT2D eigenvalue weighted by atomic mass is 9.81. The van der Waals surface area contributed by atoms with Gasteiger partial charge in [-0.1, -0.05) is 56.1 Å². The van der Waals surface area contributed by atoms with Crippen molar-refractivity contribution in [3.63, 3.8) is 0 Å². The molecule has 2 aliphatic carbocycles. The Morgan fingerprint density at radius 2 is 1.66 bits per heavy atom. The number of alkyl halides is 2. The standard InChI is InChI=1S/C24H21Br2NO5/c1-12-5-2-3-8-17(12)31-11-18(28)32-14-7-4-6-13(9-14)27-23(29)19-15-10-16(20(19)24(27)30)22(26)21(15)25/h2-9,15-16,19-22H,10-11H2,1H3/t15-,16+,19-,20+,21-,22+. The van der Waals surface area contributed by atoms with E-state index in [0.29, 0.717) is 11.4 Å². The Balaban J connectivity index is 1.29. The van der Waals surface area contributed by atoms with Gasteiger partial charge in [0.25, 0.3) is 0 Å². The molecule has 5 rings (SSSR count). The van der Waals surface area contributed by atoms with Gasteiger partial charge in [-0.3, -0.25) is 9.59 Å². The number of halogens is 2. The summed E-state index contributed by atoms with van der Waals surface area (Å²) in [6.07, 6.45) is 0.880. The van der Waals surface area contributed by atoms with Crippen LogP contribution in [-0.2, 0) is 14.4 Å². The van der Waals surface area contributed by atoms with Gasteiger partial charge in [0.1, 0.15) is 11.5 Å². The lowest BCUT2D eigenvalue weighted by Gasteiger charge is -2.28. The Bertz CT molecular complexity index is 1070. The molecule has 3 aliphatic rings. The third-order valence-corrected chi connectivity index (χ3v) is 9.94. The van der Waals surface area contributed by atoms with Gasteiger partial charge < -0.3 is 9.47 Å². The highest BCUT2D eigenvalue weighted by Gasteiger charge is 2.66. The van der Waals surface area contributed by atoms with Crippen molar-refractivity contribution in [1.29, 1.82) is 0 Å². The Hall–Kier alpha value is -2.19. The molecule has 6 nitrogen and oxygen atoms in total. The number of aryl methyl sites for hydroxylation is 1. The van der Waals surface area contributed by atoms with E-state index >= 15 is 0 Å². The van der Waals surface area contributed by atoms with Crippen LogP contribution < -0.4 is 14.4 Å². The Morgan fingerprint density at radius 1 is 1.00 bits per heavy atom. The fraction of sp³-hybridized carbons (Fsp3) is 0.375. The average molecular weight is 563 g/mol. The van der Waals surface area contributed by atoms with Gasteiger partial charge in [0.2, 0.25) is 11.8 Å². The van der Waals surface area contributed by atoms with Gasteiger partial charge in [-0.2, -0.15) is 0 Å². The molecule has 32 heavy (non-hydrogen) atoms. The Labute approximate surface area is 202 Å². The minimum absolute atomic E-state index is 0.149. The molecular formula is C24H21Br2NO5. The molecule has 2 saturated carbocycles. The van der Waals surface area contributed by atoms with Crippen LogP contribution in [0.5, 0.6) is 11.5 Å². The second-order valence-corrected chi connectivity index (χ2v) is 10.7. The van der Waals surface area contributed by atoms with E-state index < -0.39 is 5.97 Å². The topological polar surface area (TPSA) is 72.9 Å². The zero-order valence-corrected chi connectivity index (χ0v) is 20.4. The van der Waals surface area contributed by atoms with Gasteiger partial charge in [0.15, 0.2) is 6.61 Å². The zero-order chi connectivity index (χ0) is 22.6. The molecule has 2 bridgehead atoms. The number of benzene rings is 2. The summed E-state index contributed by atoms with van der Waals surface area (Å²) >= 11 is 7.39. The van der Waals surface area contributed by atoms with Crippen LogP contribution in [0, 0.1) is 30.6 Å². The van der Waals surface area contributed by atoms with Gasteiger partial charge >= 0.3 is 5.97 Å². The number of esters is 1. The molecule has 3 fully saturated rings. The number of imide groups is 1. The molecule has 8 heteroatoms. The number of para-hydroxylation sites is 1. The summed E-state index contributed by atoms with van der Waals surface area (Å²) < 4.78 is 10.9. The first-order valence-electron chi connectivity index (χ1n) is 10.5. The fourth-order valence-corrected chi connectivity index (χ4v) is 7.18. The fourth-order valence-electron chi connectivity index (χ4n) is 5.31. The number of carbonyl (C=O) groups excluding carboxylic acids is 3. The molecule has 1 aliphatic heterocycles. The van der Waals surface area contributed by atoms with Crippen molar-refractivity contribution in [3.8, 4) is 11.5 Å². The van der Waals surface area contributed by atoms with E-state index in [4.69, 9.17) is 9.47 Å². The van der Waals surface area contributed by atoms with Gasteiger partial charge in [0.05, 0.1) is 17.5 Å². The maximum absolute atomic E-state index is 13.2. The summed E-state index contributed by atoms with van der Waals surface area (Å²) in [5.41, 5.74) is 1.35. The van der Waals surface area contributed by atoms with Crippen molar-refractivity contribution in [2.75, 3.05) is 11.5 Å². The van der Waals surface area contributed by atoms with Crippen molar-refractivity contribution in [3.05, 3.63) is 54.1 Å². The lowest BCUT2D eigenvalue weighted by molar-refractivity contribution is -0.136. The predicted octanol–water partition coefficient (Wildman–Crippen LogP) is 4.26. The number of amides is 2. The maximum atomic E-state index is 13.2. The molecule has 2 aromatic carbocycles. The summed E-state index contributed by atoms with van der Waals surface area (Å²) in [5, 5.41) is 0. The summed E-state index contributed by atoms with van der Waals surface area (Å²) in [6, 6.07) is 13.9. The molecule has 2 amide bonds. The molecule has 2 aromatic rings. The zero-order valence-electron chi connectivity index (χ0n) is 17.2. The van der Waals surface area contributed by atoms with Gasteiger partial charge in [-0.25, -0.2) is 9.69 Å². The highest BCUT2D eigenvalue weighted by molar-refractivity contribution is 9.12. The second-order valence-electron chi connectivity index (χ2n) is 8.54. The van der Waals surface area contributed by atoms with E-state index in [1.807, 2.05) is 25.1 Å². The third-order valence-electron chi connectivity index (χ3n) is 6.73. The van der Waals surface area contributed by atoms with Gasteiger partial charge in [-0.05, 0) is 48.9 Å². The number of fused-ring (bicyclic) bond motifs is 5. The molecular weight excluding hydrogens is 542 g/mol. The van der Waals surface area contributed by atoms with E-state index in [9.17, 15) is 14.4 Å². The van der Waals surface area contributed by atoms with Crippen LogP contribution in [-0.4, -0.2) is 34.0 Å². The molecule has 0 unspecified atom stereocenters. The normalized spacial score (nSPS) is 30.5. The summed E-state index contributed by atoms with van der Waals surface area (Å²) in [5.74, 6) is -0.306. The van der Waals surface area contributed by atoms with Crippen LogP contribution in [0.1, 0.15) is 12.0 Å². The van der Waals surface area contributed by atoms with E-state index in [-0.39, 0.29) is 57.5 Å². The minimum atomic E-state index is -0.566. The van der Waals surface area contributed by atoms with Crippen LogP contribution in [0.15, 0.2) is 48.5 Å². The quantitative estimate of drug-likeness (QED) is 0.236. The van der Waals surface area contributed by atoms with E-state index in [0.717, 1.165) is 12.0 Å². The number of ether oxygens (including phenoxy) is 2. The molecule has 1 saturated heterocycles. The number of rotatable bonds is 5. The average Bonchev–Trinajstić information content (AvgIpc) is 3.38. The van der Waals surface area contributed by atoms with E-state index in [1.54, 1.807) is 30.3 Å². The SMILES string of the molecule is Cc1ccccc1OCC(=O)Oc1cccc(N2C(=O)[C@@H]3[C@H]4C[C@H]([C@H](Br)[C@@H]4Br)[C@@H]3C2=O)c1. The summed E-state index contributed by atoms with van der Waals surface area (Å²) in [7, 11) is 0. The largest absolute Gasteiger partial charge is 0.482 e. The minimum Gasteiger partial charge on any atom is -0.482 e. The van der Waals surface area contributed by atoms with Crippen molar-refractivity contribution in [2.45, 2.75) is 23.0 Å². The first kappa shape index (κ1) is 21.6.